The second-order valence-electron chi connectivity index (χ2n) is 4.92. The van der Waals surface area contributed by atoms with Gasteiger partial charge in [0.1, 0.15) is 5.69 Å². The van der Waals surface area contributed by atoms with Crippen LogP contribution in [-0.2, 0) is 0 Å². The summed E-state index contributed by atoms with van der Waals surface area (Å²) in [5.41, 5.74) is 6.74. The van der Waals surface area contributed by atoms with Crippen LogP contribution in [0.25, 0.3) is 0 Å². The monoisotopic (exact) mass is 283 g/mol. The lowest BCUT2D eigenvalue weighted by molar-refractivity contribution is 0.0995. The highest BCUT2D eigenvalue weighted by Gasteiger charge is 2.19. The number of para-hydroxylation sites is 1. The Bertz CT molecular complexity index is 623. The third kappa shape index (κ3) is 2.94. The molecule has 3 rings (SSSR count). The van der Waals surface area contributed by atoms with Gasteiger partial charge in [-0.3, -0.25) is 4.79 Å². The maximum absolute atomic E-state index is 11.2. The van der Waals surface area contributed by atoms with E-state index in [9.17, 15) is 4.79 Å². The number of carbonyl (C=O) groups is 1. The van der Waals surface area contributed by atoms with Crippen LogP contribution in [0.1, 0.15) is 10.5 Å². The molecule has 1 aromatic heterocycles. The van der Waals surface area contributed by atoms with E-state index in [0.29, 0.717) is 5.95 Å². The van der Waals surface area contributed by atoms with E-state index in [0.717, 1.165) is 26.2 Å². The zero-order valence-corrected chi connectivity index (χ0v) is 11.6. The van der Waals surface area contributed by atoms with Gasteiger partial charge in [-0.05, 0) is 18.2 Å². The van der Waals surface area contributed by atoms with E-state index >= 15 is 0 Å². The molecule has 1 amide bonds. The summed E-state index contributed by atoms with van der Waals surface area (Å²) in [6.07, 6.45) is 1.58. The minimum absolute atomic E-state index is 0.255. The number of rotatable bonds is 3. The first-order valence-corrected chi connectivity index (χ1v) is 6.92. The molecular formula is C15H17N5O. The van der Waals surface area contributed by atoms with Crippen LogP contribution in [0.15, 0.2) is 42.6 Å². The fourth-order valence-electron chi connectivity index (χ4n) is 2.44. The molecule has 6 nitrogen and oxygen atoms in total. The number of nitrogens with zero attached hydrogens (tertiary/aromatic N) is 4. The quantitative estimate of drug-likeness (QED) is 0.906. The molecule has 1 saturated heterocycles. The molecule has 6 heteroatoms. The summed E-state index contributed by atoms with van der Waals surface area (Å²) in [5, 5.41) is 0. The van der Waals surface area contributed by atoms with Crippen LogP contribution in [-0.4, -0.2) is 42.1 Å². The summed E-state index contributed by atoms with van der Waals surface area (Å²) in [4.78, 5) is 24.0. The van der Waals surface area contributed by atoms with Crippen molar-refractivity contribution in [3.63, 3.8) is 0 Å². The predicted octanol–water partition coefficient (Wildman–Crippen LogP) is 0.902. The predicted molar refractivity (Wildman–Crippen MR) is 81.4 cm³/mol. The Morgan fingerprint density at radius 3 is 2.33 bits per heavy atom. The minimum Gasteiger partial charge on any atom is -0.368 e. The van der Waals surface area contributed by atoms with E-state index in [-0.39, 0.29) is 5.69 Å². The number of nitrogens with two attached hydrogens (primary N) is 1. The van der Waals surface area contributed by atoms with Gasteiger partial charge in [0.15, 0.2) is 0 Å². The Morgan fingerprint density at radius 2 is 1.67 bits per heavy atom. The van der Waals surface area contributed by atoms with Crippen molar-refractivity contribution in [1.29, 1.82) is 0 Å². The molecule has 0 atom stereocenters. The second-order valence-corrected chi connectivity index (χ2v) is 4.92. The third-order valence-corrected chi connectivity index (χ3v) is 3.58. The van der Waals surface area contributed by atoms with Crippen molar-refractivity contribution in [1.82, 2.24) is 9.97 Å². The van der Waals surface area contributed by atoms with Gasteiger partial charge in [-0.2, -0.15) is 0 Å². The van der Waals surface area contributed by atoms with Gasteiger partial charge in [-0.15, -0.1) is 0 Å². The van der Waals surface area contributed by atoms with Crippen LogP contribution in [0.3, 0.4) is 0 Å². The van der Waals surface area contributed by atoms with E-state index in [1.54, 1.807) is 6.20 Å². The van der Waals surface area contributed by atoms with Crippen molar-refractivity contribution < 1.29 is 4.79 Å². The van der Waals surface area contributed by atoms with Crippen molar-refractivity contribution in [3.8, 4) is 0 Å². The van der Waals surface area contributed by atoms with Crippen LogP contribution in [0, 0.1) is 0 Å². The number of benzene rings is 1. The standard InChI is InChI=1S/C15H17N5O/c16-14(21)13-6-7-17-15(18-13)20-10-8-19(9-11-20)12-4-2-1-3-5-12/h1-7H,8-11H2,(H2,16,21). The summed E-state index contributed by atoms with van der Waals surface area (Å²) in [6, 6.07) is 11.9. The Balaban J connectivity index is 1.68. The fourth-order valence-corrected chi connectivity index (χ4v) is 2.44. The van der Waals surface area contributed by atoms with Gasteiger partial charge in [-0.25, -0.2) is 9.97 Å². The lowest BCUT2D eigenvalue weighted by atomic mass is 10.2. The normalized spacial score (nSPS) is 15.0. The van der Waals surface area contributed by atoms with Crippen molar-refractivity contribution >= 4 is 17.5 Å². The van der Waals surface area contributed by atoms with E-state index in [2.05, 4.69) is 31.9 Å². The molecular weight excluding hydrogens is 266 g/mol. The highest BCUT2D eigenvalue weighted by molar-refractivity contribution is 5.90. The smallest absolute Gasteiger partial charge is 0.267 e. The first-order chi connectivity index (χ1) is 10.2. The Morgan fingerprint density at radius 1 is 1.00 bits per heavy atom. The van der Waals surface area contributed by atoms with Gasteiger partial charge in [-0.1, -0.05) is 18.2 Å². The van der Waals surface area contributed by atoms with Crippen molar-refractivity contribution in [2.45, 2.75) is 0 Å². The summed E-state index contributed by atoms with van der Waals surface area (Å²) in [6.45, 7) is 3.43. The minimum atomic E-state index is -0.526. The van der Waals surface area contributed by atoms with E-state index in [4.69, 9.17) is 5.73 Å². The van der Waals surface area contributed by atoms with Crippen LogP contribution in [0.4, 0.5) is 11.6 Å². The SMILES string of the molecule is NC(=O)c1ccnc(N2CCN(c3ccccc3)CC2)n1. The average Bonchev–Trinajstić information content (AvgIpc) is 2.56. The van der Waals surface area contributed by atoms with Gasteiger partial charge in [0.05, 0.1) is 0 Å². The molecule has 2 N–H and O–H groups in total. The first-order valence-electron chi connectivity index (χ1n) is 6.92. The molecule has 0 unspecified atom stereocenters. The summed E-state index contributed by atoms with van der Waals surface area (Å²) < 4.78 is 0. The number of hydrogen-bond acceptors (Lipinski definition) is 5. The number of aromatic nitrogens is 2. The summed E-state index contributed by atoms with van der Waals surface area (Å²) in [7, 11) is 0. The molecule has 0 saturated carbocycles. The van der Waals surface area contributed by atoms with Gasteiger partial charge >= 0.3 is 0 Å². The largest absolute Gasteiger partial charge is 0.368 e. The average molecular weight is 283 g/mol. The fraction of sp³-hybridized carbons (Fsp3) is 0.267. The Kier molecular flexibility index (Phi) is 3.68. The summed E-state index contributed by atoms with van der Waals surface area (Å²) >= 11 is 0. The van der Waals surface area contributed by atoms with E-state index < -0.39 is 5.91 Å². The molecule has 1 fully saturated rings. The third-order valence-electron chi connectivity index (χ3n) is 3.58. The van der Waals surface area contributed by atoms with Crippen LogP contribution in [0.5, 0.6) is 0 Å². The van der Waals surface area contributed by atoms with Gasteiger partial charge < -0.3 is 15.5 Å². The first kappa shape index (κ1) is 13.4. The van der Waals surface area contributed by atoms with E-state index in [1.165, 1.54) is 11.8 Å². The van der Waals surface area contributed by atoms with Crippen molar-refractivity contribution in [2.75, 3.05) is 36.0 Å². The number of piperazine rings is 1. The van der Waals surface area contributed by atoms with Crippen molar-refractivity contribution in [2.24, 2.45) is 5.73 Å². The van der Waals surface area contributed by atoms with Gasteiger partial charge in [0, 0.05) is 38.1 Å². The molecule has 1 aliphatic heterocycles. The highest BCUT2D eigenvalue weighted by atomic mass is 16.1. The Hall–Kier alpha value is -2.63. The lowest BCUT2D eigenvalue weighted by Crippen LogP contribution is -2.47. The number of amides is 1. The van der Waals surface area contributed by atoms with Gasteiger partial charge in [0.2, 0.25) is 5.95 Å². The van der Waals surface area contributed by atoms with Crippen LogP contribution < -0.4 is 15.5 Å². The molecule has 2 heterocycles. The number of carbonyl (C=O) groups excluding carboxylic acids is 1. The zero-order chi connectivity index (χ0) is 14.7. The molecule has 0 aliphatic carbocycles. The van der Waals surface area contributed by atoms with E-state index in [1.807, 2.05) is 18.2 Å². The van der Waals surface area contributed by atoms with Gasteiger partial charge in [0.25, 0.3) is 5.91 Å². The van der Waals surface area contributed by atoms with Crippen LogP contribution in [0.2, 0.25) is 0 Å². The van der Waals surface area contributed by atoms with Crippen LogP contribution >= 0.6 is 0 Å². The molecule has 0 bridgehead atoms. The number of primary amides is 1. The molecule has 2 aromatic rings. The van der Waals surface area contributed by atoms with Crippen molar-refractivity contribution in [3.05, 3.63) is 48.3 Å². The maximum Gasteiger partial charge on any atom is 0.267 e. The summed E-state index contributed by atoms with van der Waals surface area (Å²) in [5.74, 6) is 0.0422. The molecule has 21 heavy (non-hydrogen) atoms. The maximum atomic E-state index is 11.2. The highest BCUT2D eigenvalue weighted by Crippen LogP contribution is 2.17. The molecule has 1 aliphatic rings. The molecule has 1 aromatic carbocycles. The number of anilines is 2. The second kappa shape index (κ2) is 5.78. The number of hydrogen-bond donors (Lipinski definition) is 1. The molecule has 108 valence electrons. The molecule has 0 radical (unpaired) electrons. The molecule has 0 spiro atoms. The zero-order valence-electron chi connectivity index (χ0n) is 11.6. The lowest BCUT2D eigenvalue weighted by Gasteiger charge is -2.36. The topological polar surface area (TPSA) is 75.4 Å². The Labute approximate surface area is 123 Å².